The molecule has 0 fully saturated rings. The van der Waals surface area contributed by atoms with Gasteiger partial charge < -0.3 is 0 Å². The van der Waals surface area contributed by atoms with Gasteiger partial charge in [0.2, 0.25) is 0 Å². The van der Waals surface area contributed by atoms with Gasteiger partial charge in [-0.15, -0.1) is 0 Å². The van der Waals surface area contributed by atoms with Gasteiger partial charge in [-0.1, -0.05) is 23.2 Å². The SMILES string of the molecule is CS(=O)(=O)c1cc(Cl)c(F)c(Cl)c1. The fourth-order valence-electron chi connectivity index (χ4n) is 0.746. The molecule has 13 heavy (non-hydrogen) atoms. The van der Waals surface area contributed by atoms with Gasteiger partial charge in [0.15, 0.2) is 15.7 Å². The highest BCUT2D eigenvalue weighted by molar-refractivity contribution is 7.90. The first-order chi connectivity index (χ1) is 5.82. The molecule has 6 heteroatoms. The van der Waals surface area contributed by atoms with Crippen LogP contribution in [-0.4, -0.2) is 14.7 Å². The van der Waals surface area contributed by atoms with Crippen molar-refractivity contribution in [3.63, 3.8) is 0 Å². The first kappa shape index (κ1) is 10.8. The highest BCUT2D eigenvalue weighted by Crippen LogP contribution is 2.26. The molecule has 0 unspecified atom stereocenters. The molecule has 2 nitrogen and oxygen atoms in total. The Bertz CT molecular complexity index is 419. The zero-order valence-electron chi connectivity index (χ0n) is 6.51. The number of halogens is 3. The summed E-state index contributed by atoms with van der Waals surface area (Å²) in [6, 6.07) is 2.05. The predicted octanol–water partition coefficient (Wildman–Crippen LogP) is 2.54. The number of rotatable bonds is 1. The summed E-state index contributed by atoms with van der Waals surface area (Å²) in [5.41, 5.74) is 0. The largest absolute Gasteiger partial charge is 0.224 e. The monoisotopic (exact) mass is 242 g/mol. The molecule has 0 aromatic heterocycles. The molecule has 0 aliphatic heterocycles. The molecule has 72 valence electrons. The number of hydrogen-bond donors (Lipinski definition) is 0. The molecule has 0 radical (unpaired) electrons. The molecule has 1 aromatic rings. The molecule has 0 aliphatic carbocycles. The molecule has 0 heterocycles. The molecule has 0 bridgehead atoms. The quantitative estimate of drug-likeness (QED) is 0.561. The van der Waals surface area contributed by atoms with Crippen molar-refractivity contribution < 1.29 is 12.8 Å². The van der Waals surface area contributed by atoms with Crippen molar-refractivity contribution in [1.82, 2.24) is 0 Å². The average Bonchev–Trinajstić information content (AvgIpc) is 1.97. The maximum absolute atomic E-state index is 12.8. The Kier molecular flexibility index (Phi) is 2.85. The second-order valence-corrected chi connectivity index (χ2v) is 5.30. The van der Waals surface area contributed by atoms with Crippen LogP contribution in [0.2, 0.25) is 10.0 Å². The third-order valence-electron chi connectivity index (χ3n) is 1.39. The fraction of sp³-hybridized carbons (Fsp3) is 0.143. The van der Waals surface area contributed by atoms with Crippen molar-refractivity contribution in [2.24, 2.45) is 0 Å². The zero-order chi connectivity index (χ0) is 10.2. The summed E-state index contributed by atoms with van der Waals surface area (Å²) >= 11 is 10.8. The minimum absolute atomic E-state index is 0.0936. The molecule has 0 amide bonds. The van der Waals surface area contributed by atoms with Crippen LogP contribution in [0.1, 0.15) is 0 Å². The van der Waals surface area contributed by atoms with Crippen LogP contribution in [0, 0.1) is 5.82 Å². The van der Waals surface area contributed by atoms with E-state index in [0.717, 1.165) is 18.4 Å². The smallest absolute Gasteiger partial charge is 0.175 e. The summed E-state index contributed by atoms with van der Waals surface area (Å²) in [5.74, 6) is -0.810. The zero-order valence-corrected chi connectivity index (χ0v) is 8.84. The topological polar surface area (TPSA) is 34.1 Å². The maximum Gasteiger partial charge on any atom is 0.175 e. The second-order valence-electron chi connectivity index (χ2n) is 2.47. The molecular weight excluding hydrogens is 238 g/mol. The molecule has 0 atom stereocenters. The van der Waals surface area contributed by atoms with Crippen LogP contribution in [0.25, 0.3) is 0 Å². The lowest BCUT2D eigenvalue weighted by molar-refractivity contribution is 0.600. The van der Waals surface area contributed by atoms with E-state index in [2.05, 4.69) is 0 Å². The van der Waals surface area contributed by atoms with Crippen molar-refractivity contribution in [2.45, 2.75) is 4.90 Å². The van der Waals surface area contributed by atoms with Gasteiger partial charge in [0.1, 0.15) is 0 Å². The van der Waals surface area contributed by atoms with E-state index in [1.54, 1.807) is 0 Å². The van der Waals surface area contributed by atoms with E-state index in [0.29, 0.717) is 0 Å². The third-order valence-corrected chi connectivity index (χ3v) is 3.03. The van der Waals surface area contributed by atoms with Gasteiger partial charge in [0.25, 0.3) is 0 Å². The van der Waals surface area contributed by atoms with Crippen LogP contribution >= 0.6 is 23.2 Å². The summed E-state index contributed by atoms with van der Waals surface area (Å²) in [4.78, 5) is -0.0936. The van der Waals surface area contributed by atoms with Crippen molar-refractivity contribution in [1.29, 1.82) is 0 Å². The van der Waals surface area contributed by atoms with E-state index in [1.165, 1.54) is 0 Å². The summed E-state index contributed by atoms with van der Waals surface area (Å²) < 4.78 is 34.9. The summed E-state index contributed by atoms with van der Waals surface area (Å²) in [6.45, 7) is 0. The fourth-order valence-corrected chi connectivity index (χ4v) is 2.03. The van der Waals surface area contributed by atoms with E-state index in [9.17, 15) is 12.8 Å². The average molecular weight is 243 g/mol. The number of hydrogen-bond acceptors (Lipinski definition) is 2. The van der Waals surface area contributed by atoms with Crippen molar-refractivity contribution in [3.8, 4) is 0 Å². The normalized spacial score (nSPS) is 11.7. The lowest BCUT2D eigenvalue weighted by Gasteiger charge is -2.01. The number of benzene rings is 1. The molecule has 0 saturated heterocycles. The standard InChI is InChI=1S/C7H5Cl2FO2S/c1-13(11,12)4-2-5(8)7(10)6(9)3-4/h2-3H,1H3. The van der Waals surface area contributed by atoms with Crippen molar-refractivity contribution >= 4 is 33.0 Å². The van der Waals surface area contributed by atoms with Gasteiger partial charge in [-0.2, -0.15) is 0 Å². The van der Waals surface area contributed by atoms with E-state index < -0.39 is 15.7 Å². The molecule has 1 rings (SSSR count). The van der Waals surface area contributed by atoms with Gasteiger partial charge in [0, 0.05) is 6.26 Å². The van der Waals surface area contributed by atoms with Crippen LogP contribution in [0.15, 0.2) is 17.0 Å². The van der Waals surface area contributed by atoms with Crippen LogP contribution in [0.5, 0.6) is 0 Å². The van der Waals surface area contributed by atoms with Gasteiger partial charge in [-0.05, 0) is 12.1 Å². The van der Waals surface area contributed by atoms with Crippen molar-refractivity contribution in [3.05, 3.63) is 28.0 Å². The predicted molar refractivity (Wildman–Crippen MR) is 49.5 cm³/mol. The highest BCUT2D eigenvalue weighted by Gasteiger charge is 2.13. The van der Waals surface area contributed by atoms with Crippen LogP contribution in [0.3, 0.4) is 0 Å². The molecule has 0 spiro atoms. The number of sulfone groups is 1. The minimum Gasteiger partial charge on any atom is -0.224 e. The third kappa shape index (κ3) is 2.33. The summed E-state index contributed by atoms with van der Waals surface area (Å²) in [5, 5.41) is -0.596. The minimum atomic E-state index is -3.40. The molecule has 0 saturated carbocycles. The Hall–Kier alpha value is -0.320. The molecule has 0 aliphatic rings. The van der Waals surface area contributed by atoms with Gasteiger partial charge in [-0.25, -0.2) is 12.8 Å². The van der Waals surface area contributed by atoms with Crippen LogP contribution in [0.4, 0.5) is 4.39 Å². The molecular formula is C7H5Cl2FO2S. The van der Waals surface area contributed by atoms with Gasteiger partial charge >= 0.3 is 0 Å². The lowest BCUT2D eigenvalue weighted by atomic mass is 10.3. The highest BCUT2D eigenvalue weighted by atomic mass is 35.5. The van der Waals surface area contributed by atoms with E-state index >= 15 is 0 Å². The Morgan fingerprint density at radius 3 is 1.92 bits per heavy atom. The first-order valence-corrected chi connectivity index (χ1v) is 5.81. The van der Waals surface area contributed by atoms with Crippen LogP contribution < -0.4 is 0 Å². The molecule has 0 N–H and O–H groups in total. The molecule has 1 aromatic carbocycles. The Balaban J connectivity index is 3.47. The van der Waals surface area contributed by atoms with Crippen molar-refractivity contribution in [2.75, 3.05) is 6.26 Å². The van der Waals surface area contributed by atoms with E-state index in [1.807, 2.05) is 0 Å². The Morgan fingerprint density at radius 1 is 1.23 bits per heavy atom. The summed E-state index contributed by atoms with van der Waals surface area (Å²) in [7, 11) is -3.40. The van der Waals surface area contributed by atoms with Crippen LogP contribution in [-0.2, 0) is 9.84 Å². The van der Waals surface area contributed by atoms with E-state index in [-0.39, 0.29) is 14.9 Å². The van der Waals surface area contributed by atoms with Gasteiger partial charge in [-0.3, -0.25) is 0 Å². The Morgan fingerprint density at radius 2 is 1.62 bits per heavy atom. The van der Waals surface area contributed by atoms with E-state index in [4.69, 9.17) is 23.2 Å². The second kappa shape index (κ2) is 3.44. The maximum atomic E-state index is 12.8. The lowest BCUT2D eigenvalue weighted by Crippen LogP contribution is -1.97. The van der Waals surface area contributed by atoms with Gasteiger partial charge in [0.05, 0.1) is 14.9 Å². The Labute approximate surface area is 85.2 Å². The first-order valence-electron chi connectivity index (χ1n) is 3.17. The summed E-state index contributed by atoms with van der Waals surface area (Å²) in [6.07, 6.45) is 0.993.